The van der Waals surface area contributed by atoms with E-state index in [0.29, 0.717) is 16.5 Å². The second-order valence-electron chi connectivity index (χ2n) is 4.94. The zero-order valence-electron chi connectivity index (χ0n) is 11.4. The molecular weight excluding hydrogens is 260 g/mol. The van der Waals surface area contributed by atoms with Crippen LogP contribution in [0.4, 0.5) is 0 Å². The van der Waals surface area contributed by atoms with Gasteiger partial charge in [0.2, 0.25) is 0 Å². The molecule has 0 bridgehead atoms. The van der Waals surface area contributed by atoms with Crippen LogP contribution in [-0.4, -0.2) is 36.7 Å². The van der Waals surface area contributed by atoms with Crippen molar-refractivity contribution in [3.63, 3.8) is 0 Å². The van der Waals surface area contributed by atoms with Crippen molar-refractivity contribution in [2.45, 2.75) is 19.8 Å². The van der Waals surface area contributed by atoms with Crippen molar-refractivity contribution < 1.29 is 4.79 Å². The minimum atomic E-state index is 0.0760. The average Bonchev–Trinajstić information content (AvgIpc) is 2.46. The van der Waals surface area contributed by atoms with Crippen LogP contribution in [0, 0.1) is 5.92 Å². The van der Waals surface area contributed by atoms with Crippen LogP contribution in [0.25, 0.3) is 0 Å². The zero-order valence-corrected chi connectivity index (χ0v) is 12.2. The number of piperidine rings is 1. The maximum absolute atomic E-state index is 12.3. The minimum Gasteiger partial charge on any atom is -0.339 e. The summed E-state index contributed by atoms with van der Waals surface area (Å²) >= 11 is 5.92. The fraction of sp³-hybridized carbons (Fsp3) is 0.467. The van der Waals surface area contributed by atoms with Crippen molar-refractivity contribution in [2.24, 2.45) is 10.9 Å². The molecule has 19 heavy (non-hydrogen) atoms. The molecular formula is C15H19ClN2O. The third-order valence-electron chi connectivity index (χ3n) is 3.80. The van der Waals surface area contributed by atoms with Gasteiger partial charge in [-0.3, -0.25) is 9.79 Å². The highest BCUT2D eigenvalue weighted by Crippen LogP contribution is 2.21. The molecule has 1 aromatic carbocycles. The molecule has 1 aliphatic heterocycles. The number of aliphatic imine (C=N–C) groups is 1. The number of carbonyl (C=O) groups is 1. The summed E-state index contributed by atoms with van der Waals surface area (Å²) in [7, 11) is 1.83. The van der Waals surface area contributed by atoms with Crippen LogP contribution in [0.3, 0.4) is 0 Å². The highest BCUT2D eigenvalue weighted by molar-refractivity contribution is 6.30. The van der Waals surface area contributed by atoms with E-state index in [2.05, 4.69) is 11.9 Å². The smallest absolute Gasteiger partial charge is 0.253 e. The quantitative estimate of drug-likeness (QED) is 0.764. The topological polar surface area (TPSA) is 32.7 Å². The standard InChI is InChI=1S/C15H19ClN2O/c1-11(17-2)12-6-8-18(9-7-12)15(19)13-4-3-5-14(16)10-13/h3-5,10,12H,6-9H2,1-2H3. The van der Waals surface area contributed by atoms with E-state index in [1.54, 1.807) is 12.1 Å². The van der Waals surface area contributed by atoms with Gasteiger partial charge in [0, 0.05) is 36.4 Å². The first-order chi connectivity index (χ1) is 9.11. The molecule has 1 heterocycles. The minimum absolute atomic E-state index is 0.0760. The molecule has 1 amide bonds. The average molecular weight is 279 g/mol. The lowest BCUT2D eigenvalue weighted by Crippen LogP contribution is -2.39. The molecule has 0 saturated carbocycles. The number of nitrogens with zero attached hydrogens (tertiary/aromatic N) is 2. The van der Waals surface area contributed by atoms with Gasteiger partial charge in [0.15, 0.2) is 0 Å². The molecule has 1 saturated heterocycles. The number of likely N-dealkylation sites (tertiary alicyclic amines) is 1. The first-order valence-electron chi connectivity index (χ1n) is 6.60. The predicted octanol–water partition coefficient (Wildman–Crippen LogP) is 3.28. The van der Waals surface area contributed by atoms with Gasteiger partial charge in [-0.05, 0) is 43.9 Å². The summed E-state index contributed by atoms with van der Waals surface area (Å²) < 4.78 is 0. The molecule has 0 aromatic heterocycles. The van der Waals surface area contributed by atoms with Crippen LogP contribution in [-0.2, 0) is 0 Å². The highest BCUT2D eigenvalue weighted by atomic mass is 35.5. The first kappa shape index (κ1) is 14.1. The summed E-state index contributed by atoms with van der Waals surface area (Å²) in [4.78, 5) is 18.5. The van der Waals surface area contributed by atoms with E-state index in [0.717, 1.165) is 25.9 Å². The molecule has 2 rings (SSSR count). The Hall–Kier alpha value is -1.35. The van der Waals surface area contributed by atoms with Gasteiger partial charge in [-0.25, -0.2) is 0 Å². The Morgan fingerprint density at radius 1 is 1.37 bits per heavy atom. The molecule has 0 aliphatic carbocycles. The van der Waals surface area contributed by atoms with Gasteiger partial charge >= 0.3 is 0 Å². The van der Waals surface area contributed by atoms with Gasteiger partial charge in [0.25, 0.3) is 5.91 Å². The normalized spacial score (nSPS) is 17.6. The van der Waals surface area contributed by atoms with E-state index in [4.69, 9.17) is 11.6 Å². The van der Waals surface area contributed by atoms with Crippen molar-refractivity contribution in [2.75, 3.05) is 20.1 Å². The summed E-state index contributed by atoms with van der Waals surface area (Å²) in [5, 5.41) is 0.606. The first-order valence-corrected chi connectivity index (χ1v) is 6.97. The third-order valence-corrected chi connectivity index (χ3v) is 4.03. The van der Waals surface area contributed by atoms with E-state index in [1.807, 2.05) is 24.1 Å². The van der Waals surface area contributed by atoms with Crippen molar-refractivity contribution in [3.05, 3.63) is 34.9 Å². The van der Waals surface area contributed by atoms with Crippen LogP contribution in [0.2, 0.25) is 5.02 Å². The van der Waals surface area contributed by atoms with E-state index < -0.39 is 0 Å². The molecule has 0 N–H and O–H groups in total. The van der Waals surface area contributed by atoms with E-state index in [1.165, 1.54) is 5.71 Å². The molecule has 0 unspecified atom stereocenters. The summed E-state index contributed by atoms with van der Waals surface area (Å²) in [6, 6.07) is 7.15. The van der Waals surface area contributed by atoms with Crippen molar-refractivity contribution in [1.29, 1.82) is 0 Å². The van der Waals surface area contributed by atoms with Crippen molar-refractivity contribution in [1.82, 2.24) is 4.90 Å². The molecule has 0 spiro atoms. The van der Waals surface area contributed by atoms with E-state index in [9.17, 15) is 4.79 Å². The Bertz CT molecular complexity index is 491. The Balaban J connectivity index is 2.00. The second-order valence-corrected chi connectivity index (χ2v) is 5.38. The van der Waals surface area contributed by atoms with Gasteiger partial charge in [-0.15, -0.1) is 0 Å². The van der Waals surface area contributed by atoms with Crippen LogP contribution in [0.15, 0.2) is 29.3 Å². The number of hydrogen-bond donors (Lipinski definition) is 0. The Morgan fingerprint density at radius 3 is 2.63 bits per heavy atom. The summed E-state index contributed by atoms with van der Waals surface area (Å²) in [5.74, 6) is 0.598. The number of amides is 1. The van der Waals surface area contributed by atoms with Crippen LogP contribution < -0.4 is 0 Å². The molecule has 4 heteroatoms. The maximum Gasteiger partial charge on any atom is 0.253 e. The van der Waals surface area contributed by atoms with Crippen LogP contribution in [0.5, 0.6) is 0 Å². The van der Waals surface area contributed by atoms with Gasteiger partial charge in [-0.1, -0.05) is 17.7 Å². The van der Waals surface area contributed by atoms with Crippen molar-refractivity contribution >= 4 is 23.2 Å². The fourth-order valence-electron chi connectivity index (χ4n) is 2.49. The number of rotatable bonds is 2. The van der Waals surface area contributed by atoms with Crippen LogP contribution in [0.1, 0.15) is 30.1 Å². The predicted molar refractivity (Wildman–Crippen MR) is 79.1 cm³/mol. The monoisotopic (exact) mass is 278 g/mol. The van der Waals surface area contributed by atoms with Crippen molar-refractivity contribution in [3.8, 4) is 0 Å². The summed E-state index contributed by atoms with van der Waals surface area (Å²) in [6.45, 7) is 3.66. The lowest BCUT2D eigenvalue weighted by atomic mass is 9.92. The van der Waals surface area contributed by atoms with Crippen LogP contribution >= 0.6 is 11.6 Å². The molecule has 1 fully saturated rings. The zero-order chi connectivity index (χ0) is 13.8. The molecule has 1 aromatic rings. The van der Waals surface area contributed by atoms with E-state index in [-0.39, 0.29) is 5.91 Å². The number of hydrogen-bond acceptors (Lipinski definition) is 2. The molecule has 0 radical (unpaired) electrons. The maximum atomic E-state index is 12.3. The largest absolute Gasteiger partial charge is 0.339 e. The van der Waals surface area contributed by atoms with Gasteiger partial charge in [-0.2, -0.15) is 0 Å². The second kappa shape index (κ2) is 6.20. The van der Waals surface area contributed by atoms with E-state index >= 15 is 0 Å². The highest BCUT2D eigenvalue weighted by Gasteiger charge is 2.24. The SMILES string of the molecule is CN=C(C)C1CCN(C(=O)c2cccc(Cl)c2)CC1. The Morgan fingerprint density at radius 2 is 2.05 bits per heavy atom. The summed E-state index contributed by atoms with van der Waals surface area (Å²) in [6.07, 6.45) is 1.99. The third kappa shape index (κ3) is 3.35. The molecule has 3 nitrogen and oxygen atoms in total. The Labute approximate surface area is 119 Å². The summed E-state index contributed by atoms with van der Waals surface area (Å²) in [5.41, 5.74) is 1.86. The fourth-order valence-corrected chi connectivity index (χ4v) is 2.68. The number of carbonyl (C=O) groups excluding carboxylic acids is 1. The number of benzene rings is 1. The molecule has 0 atom stereocenters. The lowest BCUT2D eigenvalue weighted by Gasteiger charge is -2.32. The Kier molecular flexibility index (Phi) is 4.59. The molecule has 1 aliphatic rings. The van der Waals surface area contributed by atoms with Gasteiger partial charge in [0.1, 0.15) is 0 Å². The number of halogens is 1. The lowest BCUT2D eigenvalue weighted by molar-refractivity contribution is 0.0710. The van der Waals surface area contributed by atoms with Gasteiger partial charge < -0.3 is 4.90 Å². The van der Waals surface area contributed by atoms with Gasteiger partial charge in [0.05, 0.1) is 0 Å². The molecule has 102 valence electrons.